The van der Waals surface area contributed by atoms with Crippen LogP contribution in [0.3, 0.4) is 0 Å². The molecule has 0 spiro atoms. The molecule has 2 heterocycles. The number of nitrogens with zero attached hydrogens (tertiary/aromatic N) is 3. The topological polar surface area (TPSA) is 45.7 Å². The molecule has 0 atom stereocenters. The van der Waals surface area contributed by atoms with E-state index in [4.69, 9.17) is 9.72 Å². The van der Waals surface area contributed by atoms with Crippen molar-refractivity contribution in [3.63, 3.8) is 0 Å². The molecule has 1 saturated heterocycles. The smallest absolute Gasteiger partial charge is 0.260 e. The minimum absolute atomic E-state index is 0.0305. The van der Waals surface area contributed by atoms with Gasteiger partial charge >= 0.3 is 0 Å². The van der Waals surface area contributed by atoms with Crippen molar-refractivity contribution in [3.8, 4) is 5.75 Å². The third kappa shape index (κ3) is 3.71. The monoisotopic (exact) mass is 417 g/mol. The normalized spacial score (nSPS) is 14.4. The highest BCUT2D eigenvalue weighted by Gasteiger charge is 2.23. The number of thiazole rings is 1. The zero-order chi connectivity index (χ0) is 20.5. The zero-order valence-electron chi connectivity index (χ0n) is 16.9. The van der Waals surface area contributed by atoms with Crippen LogP contribution in [0.5, 0.6) is 5.75 Å². The first-order valence-electron chi connectivity index (χ1n) is 10.2. The first-order valence-corrected chi connectivity index (χ1v) is 11.0. The summed E-state index contributed by atoms with van der Waals surface area (Å²) in [4.78, 5) is 21.6. The molecule has 0 unspecified atom stereocenters. The number of fused-ring (bicyclic) bond motifs is 2. The Labute approximate surface area is 179 Å². The van der Waals surface area contributed by atoms with Gasteiger partial charge in [0.25, 0.3) is 5.91 Å². The van der Waals surface area contributed by atoms with Gasteiger partial charge in [0.15, 0.2) is 11.7 Å². The maximum atomic E-state index is 12.6. The molecule has 0 N–H and O–H groups in total. The summed E-state index contributed by atoms with van der Waals surface area (Å²) in [6, 6.07) is 20.3. The Kier molecular flexibility index (Phi) is 5.01. The van der Waals surface area contributed by atoms with Gasteiger partial charge in [-0.15, -0.1) is 0 Å². The SMILES string of the molecule is Cc1cccc2sc(N3CCN(C(=O)COc4ccc5ccccc5c4)CC3)nc12. The van der Waals surface area contributed by atoms with Crippen molar-refractivity contribution in [2.45, 2.75) is 6.92 Å². The third-order valence-corrected chi connectivity index (χ3v) is 6.68. The van der Waals surface area contributed by atoms with Gasteiger partial charge in [0.05, 0.1) is 10.2 Å². The van der Waals surface area contributed by atoms with E-state index in [1.54, 1.807) is 11.3 Å². The third-order valence-electron chi connectivity index (χ3n) is 5.60. The molecule has 6 heteroatoms. The van der Waals surface area contributed by atoms with Crippen LogP contribution < -0.4 is 9.64 Å². The number of rotatable bonds is 4. The van der Waals surface area contributed by atoms with Crippen molar-refractivity contribution in [1.29, 1.82) is 0 Å². The van der Waals surface area contributed by atoms with E-state index in [0.717, 1.165) is 40.3 Å². The van der Waals surface area contributed by atoms with Crippen LogP contribution in [0.25, 0.3) is 21.0 Å². The Morgan fingerprint density at radius 2 is 1.80 bits per heavy atom. The summed E-state index contributed by atoms with van der Waals surface area (Å²) in [5, 5.41) is 3.32. The molecule has 0 aliphatic carbocycles. The number of carbonyl (C=O) groups is 1. The number of benzene rings is 3. The highest BCUT2D eigenvalue weighted by molar-refractivity contribution is 7.22. The largest absolute Gasteiger partial charge is 0.484 e. The maximum Gasteiger partial charge on any atom is 0.260 e. The Hall–Kier alpha value is -3.12. The van der Waals surface area contributed by atoms with Gasteiger partial charge in [-0.3, -0.25) is 4.79 Å². The number of hydrogen-bond donors (Lipinski definition) is 0. The van der Waals surface area contributed by atoms with Crippen molar-refractivity contribution in [1.82, 2.24) is 9.88 Å². The molecule has 1 aliphatic heterocycles. The fourth-order valence-corrected chi connectivity index (χ4v) is 4.95. The Balaban J connectivity index is 1.18. The van der Waals surface area contributed by atoms with Gasteiger partial charge < -0.3 is 14.5 Å². The molecule has 1 aliphatic rings. The molecule has 3 aromatic carbocycles. The summed E-state index contributed by atoms with van der Waals surface area (Å²) in [7, 11) is 0. The number of aromatic nitrogens is 1. The van der Waals surface area contributed by atoms with E-state index >= 15 is 0 Å². The Bertz CT molecular complexity index is 1210. The lowest BCUT2D eigenvalue weighted by atomic mass is 10.1. The number of carbonyl (C=O) groups excluding carboxylic acids is 1. The molecule has 0 radical (unpaired) electrons. The molecule has 1 aromatic heterocycles. The maximum absolute atomic E-state index is 12.6. The zero-order valence-corrected chi connectivity index (χ0v) is 17.7. The molecule has 0 saturated carbocycles. The van der Waals surface area contributed by atoms with Crippen LogP contribution in [-0.4, -0.2) is 48.6 Å². The van der Waals surface area contributed by atoms with Gasteiger partial charge in [0.2, 0.25) is 0 Å². The number of hydrogen-bond acceptors (Lipinski definition) is 5. The van der Waals surface area contributed by atoms with Crippen LogP contribution in [0.4, 0.5) is 5.13 Å². The van der Waals surface area contributed by atoms with Crippen molar-refractivity contribution in [3.05, 3.63) is 66.2 Å². The highest BCUT2D eigenvalue weighted by Crippen LogP contribution is 2.31. The molecule has 1 amide bonds. The summed E-state index contributed by atoms with van der Waals surface area (Å²) < 4.78 is 6.99. The molecule has 0 bridgehead atoms. The first-order chi connectivity index (χ1) is 14.7. The molecule has 152 valence electrons. The Morgan fingerprint density at radius 1 is 1.00 bits per heavy atom. The van der Waals surface area contributed by atoms with E-state index in [9.17, 15) is 4.79 Å². The fraction of sp³-hybridized carbons (Fsp3) is 0.250. The number of ether oxygens (including phenoxy) is 1. The van der Waals surface area contributed by atoms with Crippen LogP contribution in [0.2, 0.25) is 0 Å². The van der Waals surface area contributed by atoms with E-state index in [1.165, 1.54) is 10.3 Å². The average molecular weight is 418 g/mol. The molecule has 1 fully saturated rings. The van der Waals surface area contributed by atoms with E-state index in [2.05, 4.69) is 36.1 Å². The second-order valence-corrected chi connectivity index (χ2v) is 8.59. The average Bonchev–Trinajstić information content (AvgIpc) is 3.23. The number of aryl methyl sites for hydroxylation is 1. The number of amides is 1. The quantitative estimate of drug-likeness (QED) is 0.491. The van der Waals surface area contributed by atoms with Crippen LogP contribution in [-0.2, 0) is 4.79 Å². The van der Waals surface area contributed by atoms with E-state index in [0.29, 0.717) is 13.1 Å². The van der Waals surface area contributed by atoms with Gasteiger partial charge in [-0.25, -0.2) is 4.98 Å². The minimum Gasteiger partial charge on any atom is -0.484 e. The molecule has 5 nitrogen and oxygen atoms in total. The van der Waals surface area contributed by atoms with Crippen LogP contribution >= 0.6 is 11.3 Å². The van der Waals surface area contributed by atoms with Crippen LogP contribution in [0, 0.1) is 6.92 Å². The number of piperazine rings is 1. The van der Waals surface area contributed by atoms with Crippen molar-refractivity contribution >= 4 is 43.4 Å². The van der Waals surface area contributed by atoms with Crippen molar-refractivity contribution in [2.75, 3.05) is 37.7 Å². The van der Waals surface area contributed by atoms with E-state index < -0.39 is 0 Å². The minimum atomic E-state index is 0.0305. The summed E-state index contributed by atoms with van der Waals surface area (Å²) >= 11 is 1.72. The highest BCUT2D eigenvalue weighted by atomic mass is 32.1. The second kappa shape index (κ2) is 7.95. The molecule has 5 rings (SSSR count). The number of para-hydroxylation sites is 1. The molecular formula is C24H23N3O2S. The predicted octanol–water partition coefficient (Wildman–Crippen LogP) is 4.49. The lowest BCUT2D eigenvalue weighted by molar-refractivity contribution is -0.133. The van der Waals surface area contributed by atoms with E-state index in [-0.39, 0.29) is 12.5 Å². The van der Waals surface area contributed by atoms with Crippen LogP contribution in [0.1, 0.15) is 5.56 Å². The predicted molar refractivity (Wildman–Crippen MR) is 123 cm³/mol. The van der Waals surface area contributed by atoms with Gasteiger partial charge in [-0.2, -0.15) is 0 Å². The van der Waals surface area contributed by atoms with E-state index in [1.807, 2.05) is 41.3 Å². The summed E-state index contributed by atoms with van der Waals surface area (Å²) in [5.41, 5.74) is 2.29. The van der Waals surface area contributed by atoms with Crippen LogP contribution in [0.15, 0.2) is 60.7 Å². The summed E-state index contributed by atoms with van der Waals surface area (Å²) in [6.07, 6.45) is 0. The van der Waals surface area contributed by atoms with Gasteiger partial charge in [-0.05, 0) is 41.5 Å². The van der Waals surface area contributed by atoms with Gasteiger partial charge in [-0.1, -0.05) is 53.8 Å². The summed E-state index contributed by atoms with van der Waals surface area (Å²) in [6.45, 7) is 5.13. The van der Waals surface area contributed by atoms with Crippen molar-refractivity contribution in [2.24, 2.45) is 0 Å². The molecular weight excluding hydrogens is 394 g/mol. The second-order valence-electron chi connectivity index (χ2n) is 7.58. The van der Waals surface area contributed by atoms with Gasteiger partial charge in [0.1, 0.15) is 5.75 Å². The van der Waals surface area contributed by atoms with Crippen molar-refractivity contribution < 1.29 is 9.53 Å². The molecule has 4 aromatic rings. The fourth-order valence-electron chi connectivity index (χ4n) is 3.85. The lowest BCUT2D eigenvalue weighted by Crippen LogP contribution is -2.50. The standard InChI is InChI=1S/C24H23N3O2S/c1-17-5-4-8-21-23(17)25-24(30-21)27-13-11-26(12-14-27)22(28)16-29-20-10-9-18-6-2-3-7-19(18)15-20/h2-10,15H,11-14,16H2,1H3. The lowest BCUT2D eigenvalue weighted by Gasteiger charge is -2.34. The molecule has 30 heavy (non-hydrogen) atoms. The Morgan fingerprint density at radius 3 is 2.60 bits per heavy atom. The van der Waals surface area contributed by atoms with Gasteiger partial charge in [0, 0.05) is 26.2 Å². The summed E-state index contributed by atoms with van der Waals surface area (Å²) in [5.74, 6) is 0.758. The number of anilines is 1. The first kappa shape index (κ1) is 18.9.